The first-order valence-corrected chi connectivity index (χ1v) is 7.61. The topological polar surface area (TPSA) is 64.6 Å². The van der Waals surface area contributed by atoms with E-state index in [0.29, 0.717) is 11.3 Å². The van der Waals surface area contributed by atoms with Crippen LogP contribution in [-0.4, -0.2) is 25.9 Å². The van der Waals surface area contributed by atoms with Gasteiger partial charge in [0.05, 0.1) is 20.3 Å². The molecule has 0 aliphatic rings. The molecule has 0 fully saturated rings. The van der Waals surface area contributed by atoms with Crippen molar-refractivity contribution in [1.29, 1.82) is 0 Å². The molecule has 0 heterocycles. The molecule has 0 saturated carbocycles. The minimum Gasteiger partial charge on any atom is -0.497 e. The fraction of sp³-hybridized carbons (Fsp3) is 0.263. The molecule has 0 aromatic heterocycles. The highest BCUT2D eigenvalue weighted by Crippen LogP contribution is 2.23. The lowest BCUT2D eigenvalue weighted by Gasteiger charge is -2.18. The van der Waals surface area contributed by atoms with Crippen LogP contribution in [0.25, 0.3) is 0 Å². The number of ketones is 1. The molecule has 5 heteroatoms. The Kier molecular flexibility index (Phi) is 5.95. The van der Waals surface area contributed by atoms with Crippen molar-refractivity contribution in [2.45, 2.75) is 19.4 Å². The van der Waals surface area contributed by atoms with E-state index in [1.807, 2.05) is 24.3 Å². The van der Waals surface area contributed by atoms with Crippen molar-refractivity contribution in [3.05, 3.63) is 59.7 Å². The minimum absolute atomic E-state index is 0.0489. The third-order valence-electron chi connectivity index (χ3n) is 3.70. The molecule has 2 aromatic carbocycles. The summed E-state index contributed by atoms with van der Waals surface area (Å²) in [7, 11) is 3.17. The van der Waals surface area contributed by atoms with Crippen LogP contribution in [0.1, 0.15) is 35.3 Å². The van der Waals surface area contributed by atoms with Gasteiger partial charge in [0.25, 0.3) is 0 Å². The molecule has 1 unspecified atom stereocenters. The normalized spacial score (nSPS) is 11.5. The van der Waals surface area contributed by atoms with Crippen LogP contribution in [-0.2, 0) is 4.79 Å². The summed E-state index contributed by atoms with van der Waals surface area (Å²) in [5, 5.41) is 2.83. The quantitative estimate of drug-likeness (QED) is 0.794. The number of amides is 1. The van der Waals surface area contributed by atoms with Crippen molar-refractivity contribution in [3.8, 4) is 11.5 Å². The molecular weight excluding hydrogens is 306 g/mol. The van der Waals surface area contributed by atoms with Crippen molar-refractivity contribution in [2.75, 3.05) is 14.2 Å². The first-order chi connectivity index (χ1) is 11.5. The number of nitrogens with one attached hydrogen (secondary N) is 1. The first-order valence-electron chi connectivity index (χ1n) is 7.61. The van der Waals surface area contributed by atoms with E-state index in [0.717, 1.165) is 11.3 Å². The molecule has 0 radical (unpaired) electrons. The van der Waals surface area contributed by atoms with E-state index in [-0.39, 0.29) is 24.2 Å². The number of benzene rings is 2. The minimum atomic E-state index is -0.386. The standard InChI is InChI=1S/C19H21NO4/c1-13(21)20-18(14-4-8-16(23-2)9-5-14)12-19(22)15-6-10-17(24-3)11-7-15/h4-11,18H,12H2,1-3H3,(H,20,21). The van der Waals surface area contributed by atoms with Crippen LogP contribution in [0.5, 0.6) is 11.5 Å². The van der Waals surface area contributed by atoms with Crippen LogP contribution in [0.3, 0.4) is 0 Å². The van der Waals surface area contributed by atoms with Gasteiger partial charge in [-0.05, 0) is 42.0 Å². The molecule has 2 rings (SSSR count). The Bertz CT molecular complexity index is 692. The van der Waals surface area contributed by atoms with Gasteiger partial charge in [-0.25, -0.2) is 0 Å². The molecule has 0 spiro atoms. The van der Waals surface area contributed by atoms with Gasteiger partial charge in [0.1, 0.15) is 11.5 Å². The number of ether oxygens (including phenoxy) is 2. The Balaban J connectivity index is 2.17. The second kappa shape index (κ2) is 8.15. The molecule has 126 valence electrons. The van der Waals surface area contributed by atoms with Gasteiger partial charge in [-0.3, -0.25) is 9.59 Å². The van der Waals surface area contributed by atoms with Crippen molar-refractivity contribution < 1.29 is 19.1 Å². The number of hydrogen-bond acceptors (Lipinski definition) is 4. The number of hydrogen-bond donors (Lipinski definition) is 1. The molecular formula is C19H21NO4. The van der Waals surface area contributed by atoms with Crippen LogP contribution < -0.4 is 14.8 Å². The van der Waals surface area contributed by atoms with Gasteiger partial charge in [-0.15, -0.1) is 0 Å². The zero-order valence-corrected chi connectivity index (χ0v) is 14.0. The van der Waals surface area contributed by atoms with E-state index in [4.69, 9.17) is 9.47 Å². The highest BCUT2D eigenvalue weighted by molar-refractivity contribution is 5.96. The van der Waals surface area contributed by atoms with E-state index >= 15 is 0 Å². The van der Waals surface area contributed by atoms with Gasteiger partial charge in [-0.1, -0.05) is 12.1 Å². The number of methoxy groups -OCH3 is 2. The van der Waals surface area contributed by atoms with Crippen molar-refractivity contribution >= 4 is 11.7 Å². The molecule has 1 atom stereocenters. The molecule has 1 N–H and O–H groups in total. The van der Waals surface area contributed by atoms with E-state index in [9.17, 15) is 9.59 Å². The summed E-state index contributed by atoms with van der Waals surface area (Å²) < 4.78 is 10.2. The van der Waals surface area contributed by atoms with E-state index in [1.165, 1.54) is 6.92 Å². The molecule has 0 aliphatic carbocycles. The molecule has 5 nitrogen and oxygen atoms in total. The van der Waals surface area contributed by atoms with Gasteiger partial charge in [0.15, 0.2) is 5.78 Å². The van der Waals surface area contributed by atoms with Gasteiger partial charge < -0.3 is 14.8 Å². The fourth-order valence-electron chi connectivity index (χ4n) is 2.41. The zero-order valence-electron chi connectivity index (χ0n) is 14.0. The van der Waals surface area contributed by atoms with Gasteiger partial charge in [-0.2, -0.15) is 0 Å². The van der Waals surface area contributed by atoms with Gasteiger partial charge in [0, 0.05) is 18.9 Å². The van der Waals surface area contributed by atoms with Crippen LogP contribution >= 0.6 is 0 Å². The fourth-order valence-corrected chi connectivity index (χ4v) is 2.41. The molecule has 2 aromatic rings. The Hall–Kier alpha value is -2.82. The highest BCUT2D eigenvalue weighted by Gasteiger charge is 2.18. The van der Waals surface area contributed by atoms with Gasteiger partial charge in [0.2, 0.25) is 5.91 Å². The number of rotatable bonds is 7. The third kappa shape index (κ3) is 4.59. The maximum Gasteiger partial charge on any atom is 0.217 e. The lowest BCUT2D eigenvalue weighted by atomic mass is 9.97. The summed E-state index contributed by atoms with van der Waals surface area (Å²) in [5.74, 6) is 1.19. The summed E-state index contributed by atoms with van der Waals surface area (Å²) in [5.41, 5.74) is 1.44. The lowest BCUT2D eigenvalue weighted by Crippen LogP contribution is -2.28. The second-order valence-electron chi connectivity index (χ2n) is 5.38. The van der Waals surface area contributed by atoms with E-state index < -0.39 is 0 Å². The second-order valence-corrected chi connectivity index (χ2v) is 5.38. The summed E-state index contributed by atoms with van der Waals surface area (Å²) in [4.78, 5) is 24.0. The Morgan fingerprint density at radius 1 is 0.917 bits per heavy atom. The van der Waals surface area contributed by atoms with Crippen molar-refractivity contribution in [1.82, 2.24) is 5.32 Å². The Labute approximate surface area is 141 Å². The maximum atomic E-state index is 12.5. The highest BCUT2D eigenvalue weighted by atomic mass is 16.5. The number of carbonyl (C=O) groups is 2. The molecule has 0 bridgehead atoms. The smallest absolute Gasteiger partial charge is 0.217 e. The monoisotopic (exact) mass is 327 g/mol. The van der Waals surface area contributed by atoms with Crippen LogP contribution in [0, 0.1) is 0 Å². The molecule has 0 aliphatic heterocycles. The summed E-state index contributed by atoms with van der Waals surface area (Å²) in [6, 6.07) is 13.9. The Morgan fingerprint density at radius 2 is 1.42 bits per heavy atom. The summed E-state index contributed by atoms with van der Waals surface area (Å²) >= 11 is 0. The third-order valence-corrected chi connectivity index (χ3v) is 3.70. The predicted octanol–water partition coefficient (Wildman–Crippen LogP) is 3.15. The maximum absolute atomic E-state index is 12.5. The average Bonchev–Trinajstić information content (AvgIpc) is 2.61. The Morgan fingerprint density at radius 3 is 1.88 bits per heavy atom. The van der Waals surface area contributed by atoms with Crippen molar-refractivity contribution in [2.24, 2.45) is 0 Å². The predicted molar refractivity (Wildman–Crippen MR) is 91.5 cm³/mol. The first kappa shape index (κ1) is 17.5. The SMILES string of the molecule is COc1ccc(C(=O)CC(NC(C)=O)c2ccc(OC)cc2)cc1. The number of carbonyl (C=O) groups excluding carboxylic acids is 2. The van der Waals surface area contributed by atoms with E-state index in [1.54, 1.807) is 38.5 Å². The molecule has 0 saturated heterocycles. The van der Waals surface area contributed by atoms with Crippen LogP contribution in [0.2, 0.25) is 0 Å². The lowest BCUT2D eigenvalue weighted by molar-refractivity contribution is -0.119. The van der Waals surface area contributed by atoms with Crippen LogP contribution in [0.15, 0.2) is 48.5 Å². The van der Waals surface area contributed by atoms with Crippen LogP contribution in [0.4, 0.5) is 0 Å². The molecule has 1 amide bonds. The molecule has 24 heavy (non-hydrogen) atoms. The van der Waals surface area contributed by atoms with Gasteiger partial charge >= 0.3 is 0 Å². The largest absolute Gasteiger partial charge is 0.497 e. The number of Topliss-reactive ketones (excluding diaryl/α,β-unsaturated/α-hetero) is 1. The summed E-state index contributed by atoms with van der Waals surface area (Å²) in [6.07, 6.45) is 0.179. The van der Waals surface area contributed by atoms with Crippen molar-refractivity contribution in [3.63, 3.8) is 0 Å². The zero-order chi connectivity index (χ0) is 17.5. The summed E-state index contributed by atoms with van der Waals surface area (Å²) in [6.45, 7) is 1.44. The average molecular weight is 327 g/mol. The van der Waals surface area contributed by atoms with E-state index in [2.05, 4.69) is 5.32 Å².